The maximum Gasteiger partial charge on any atom is 0.319 e. The minimum Gasteiger partial charge on any atom is -0.331 e. The number of urea groups is 1. The first-order valence-corrected chi connectivity index (χ1v) is 9.26. The Morgan fingerprint density at radius 3 is 2.33 bits per heavy atom. The molecule has 1 fully saturated rings. The molecule has 1 heterocycles. The van der Waals surface area contributed by atoms with Crippen molar-refractivity contribution >= 4 is 17.6 Å². The van der Waals surface area contributed by atoms with Crippen LogP contribution in [0.1, 0.15) is 17.5 Å². The third-order valence-corrected chi connectivity index (χ3v) is 4.93. The molecule has 1 aromatic carbocycles. The van der Waals surface area contributed by atoms with Crippen molar-refractivity contribution < 1.29 is 9.59 Å². The van der Waals surface area contributed by atoms with Crippen LogP contribution in [0.25, 0.3) is 0 Å². The van der Waals surface area contributed by atoms with Crippen LogP contribution in [0.5, 0.6) is 0 Å². The van der Waals surface area contributed by atoms with E-state index in [0.29, 0.717) is 45.7 Å². The van der Waals surface area contributed by atoms with Gasteiger partial charge in [0, 0.05) is 52.5 Å². The van der Waals surface area contributed by atoms with Crippen LogP contribution in [-0.2, 0) is 4.79 Å². The van der Waals surface area contributed by atoms with Gasteiger partial charge < -0.3 is 14.7 Å². The van der Waals surface area contributed by atoms with Crippen molar-refractivity contribution in [2.75, 3.05) is 58.3 Å². The van der Waals surface area contributed by atoms with E-state index >= 15 is 0 Å². The highest BCUT2D eigenvalue weighted by Crippen LogP contribution is 2.20. The normalized spacial score (nSPS) is 14.6. The molecule has 1 aliphatic rings. The van der Waals surface area contributed by atoms with E-state index in [1.165, 1.54) is 5.56 Å². The maximum absolute atomic E-state index is 12.9. The summed E-state index contributed by atoms with van der Waals surface area (Å²) in [7, 11) is 3.49. The predicted octanol–water partition coefficient (Wildman–Crippen LogP) is 1.85. The number of amides is 3. The van der Waals surface area contributed by atoms with Crippen LogP contribution in [0.15, 0.2) is 18.2 Å². The van der Waals surface area contributed by atoms with Gasteiger partial charge in [0.1, 0.15) is 0 Å². The maximum atomic E-state index is 12.9. The van der Waals surface area contributed by atoms with Gasteiger partial charge in [-0.25, -0.2) is 4.79 Å². The van der Waals surface area contributed by atoms with Gasteiger partial charge in [0.05, 0.1) is 19.0 Å². The molecule has 0 unspecified atom stereocenters. The number of rotatable bonds is 5. The molecule has 1 saturated heterocycles. The highest BCUT2D eigenvalue weighted by molar-refractivity contribution is 5.95. The van der Waals surface area contributed by atoms with Gasteiger partial charge in [-0.1, -0.05) is 6.07 Å². The summed E-state index contributed by atoms with van der Waals surface area (Å²) in [5, 5.41) is 8.95. The van der Waals surface area contributed by atoms with Crippen LogP contribution >= 0.6 is 0 Å². The summed E-state index contributed by atoms with van der Waals surface area (Å²) < 4.78 is 0. The first-order valence-electron chi connectivity index (χ1n) is 9.26. The van der Waals surface area contributed by atoms with Gasteiger partial charge in [-0.2, -0.15) is 5.26 Å². The number of benzene rings is 1. The van der Waals surface area contributed by atoms with Crippen LogP contribution in [-0.4, -0.2) is 80.0 Å². The molecule has 1 aliphatic heterocycles. The van der Waals surface area contributed by atoms with Gasteiger partial charge >= 0.3 is 6.03 Å². The number of hydrogen-bond acceptors (Lipinski definition) is 4. The highest BCUT2D eigenvalue weighted by Gasteiger charge is 2.25. The molecule has 1 aromatic rings. The summed E-state index contributed by atoms with van der Waals surface area (Å²) in [5.41, 5.74) is 3.13. The first kappa shape index (κ1) is 20.7. The van der Waals surface area contributed by atoms with Gasteiger partial charge in [-0.3, -0.25) is 9.69 Å². The fourth-order valence-corrected chi connectivity index (χ4v) is 3.11. The molecular formula is C20H29N5O2. The molecule has 0 bridgehead atoms. The van der Waals surface area contributed by atoms with E-state index in [-0.39, 0.29) is 11.9 Å². The molecule has 7 nitrogen and oxygen atoms in total. The van der Waals surface area contributed by atoms with Crippen molar-refractivity contribution in [1.29, 1.82) is 5.26 Å². The Bertz CT molecular complexity index is 718. The van der Waals surface area contributed by atoms with Gasteiger partial charge in [0.25, 0.3) is 0 Å². The number of nitriles is 1. The molecule has 0 aromatic heterocycles. The molecule has 0 aliphatic carbocycles. The van der Waals surface area contributed by atoms with Crippen molar-refractivity contribution in [1.82, 2.24) is 14.7 Å². The monoisotopic (exact) mass is 371 g/mol. The van der Waals surface area contributed by atoms with Crippen LogP contribution in [0.4, 0.5) is 10.5 Å². The molecule has 0 radical (unpaired) electrons. The number of carbonyl (C=O) groups excluding carboxylic acids is 2. The largest absolute Gasteiger partial charge is 0.331 e. The molecule has 146 valence electrons. The van der Waals surface area contributed by atoms with Crippen molar-refractivity contribution in [3.05, 3.63) is 29.3 Å². The lowest BCUT2D eigenvalue weighted by Crippen LogP contribution is -2.53. The zero-order valence-electron chi connectivity index (χ0n) is 16.7. The average molecular weight is 371 g/mol. The molecule has 0 atom stereocenters. The lowest BCUT2D eigenvalue weighted by Gasteiger charge is -2.36. The molecule has 0 N–H and O–H groups in total. The summed E-state index contributed by atoms with van der Waals surface area (Å²) in [4.78, 5) is 32.1. The zero-order valence-corrected chi connectivity index (χ0v) is 16.7. The molecule has 2 rings (SSSR count). The van der Waals surface area contributed by atoms with Crippen LogP contribution in [0, 0.1) is 25.2 Å². The van der Waals surface area contributed by atoms with Gasteiger partial charge in [0.15, 0.2) is 0 Å². The van der Waals surface area contributed by atoms with Crippen molar-refractivity contribution in [2.45, 2.75) is 20.3 Å². The molecule has 0 saturated carbocycles. The van der Waals surface area contributed by atoms with Gasteiger partial charge in [0.2, 0.25) is 5.91 Å². The topological polar surface area (TPSA) is 70.9 Å². The van der Waals surface area contributed by atoms with E-state index in [2.05, 4.69) is 11.0 Å². The Morgan fingerprint density at radius 1 is 1.11 bits per heavy atom. The second-order valence-electron chi connectivity index (χ2n) is 7.16. The fourth-order valence-electron chi connectivity index (χ4n) is 3.11. The third kappa shape index (κ3) is 5.44. The van der Waals surface area contributed by atoms with Crippen LogP contribution in [0.3, 0.4) is 0 Å². The Morgan fingerprint density at radius 2 is 1.78 bits per heavy atom. The molecule has 0 spiro atoms. The fraction of sp³-hybridized carbons (Fsp3) is 0.550. The highest BCUT2D eigenvalue weighted by atomic mass is 16.2. The standard InChI is InChI=1S/C20H29N5O2/c1-16-6-7-18(14-17(16)2)25(9-5-8-21)19(26)15-23-10-12-24(13-11-23)20(27)22(3)4/h6-7,14H,5,9-13,15H2,1-4H3. The molecule has 3 amide bonds. The number of nitrogens with zero attached hydrogens (tertiary/aromatic N) is 5. The predicted molar refractivity (Wildman–Crippen MR) is 106 cm³/mol. The Kier molecular flexibility index (Phi) is 7.19. The lowest BCUT2D eigenvalue weighted by atomic mass is 10.1. The Balaban J connectivity index is 2.01. The van der Waals surface area contributed by atoms with Crippen molar-refractivity contribution in [2.24, 2.45) is 0 Å². The third-order valence-electron chi connectivity index (χ3n) is 4.93. The van der Waals surface area contributed by atoms with Crippen LogP contribution < -0.4 is 4.90 Å². The average Bonchev–Trinajstić information content (AvgIpc) is 2.64. The number of anilines is 1. The Hall–Kier alpha value is -2.59. The second-order valence-corrected chi connectivity index (χ2v) is 7.16. The number of hydrogen-bond donors (Lipinski definition) is 0. The second kappa shape index (κ2) is 9.38. The lowest BCUT2D eigenvalue weighted by molar-refractivity contribution is -0.120. The number of piperazine rings is 1. The smallest absolute Gasteiger partial charge is 0.319 e. The summed E-state index contributed by atoms with van der Waals surface area (Å²) in [6, 6.07) is 8.07. The minimum absolute atomic E-state index is 0.00625. The molecule has 7 heteroatoms. The van der Waals surface area contributed by atoms with E-state index in [0.717, 1.165) is 11.3 Å². The van der Waals surface area contributed by atoms with E-state index in [4.69, 9.17) is 5.26 Å². The van der Waals surface area contributed by atoms with Gasteiger partial charge in [-0.15, -0.1) is 0 Å². The molecule has 27 heavy (non-hydrogen) atoms. The van der Waals surface area contributed by atoms with Crippen molar-refractivity contribution in [3.63, 3.8) is 0 Å². The van der Waals surface area contributed by atoms with E-state index in [1.807, 2.05) is 32.0 Å². The van der Waals surface area contributed by atoms with E-state index in [1.54, 1.807) is 28.8 Å². The zero-order chi connectivity index (χ0) is 20.0. The minimum atomic E-state index is -0.0131. The van der Waals surface area contributed by atoms with Crippen molar-refractivity contribution in [3.8, 4) is 6.07 Å². The number of aryl methyl sites for hydroxylation is 2. The first-order chi connectivity index (χ1) is 12.8. The quantitative estimate of drug-likeness (QED) is 0.792. The summed E-state index contributed by atoms with van der Waals surface area (Å²) >= 11 is 0. The summed E-state index contributed by atoms with van der Waals surface area (Å²) in [5.74, 6) is -0.0131. The molecular weight excluding hydrogens is 342 g/mol. The Labute approximate surface area is 161 Å². The number of carbonyl (C=O) groups is 2. The SMILES string of the molecule is Cc1ccc(N(CCC#N)C(=O)CN2CCN(C(=O)N(C)C)CC2)cc1C. The van der Waals surface area contributed by atoms with E-state index < -0.39 is 0 Å². The van der Waals surface area contributed by atoms with Crippen LogP contribution in [0.2, 0.25) is 0 Å². The van der Waals surface area contributed by atoms with E-state index in [9.17, 15) is 9.59 Å². The van der Waals surface area contributed by atoms with Gasteiger partial charge in [-0.05, 0) is 37.1 Å². The summed E-state index contributed by atoms with van der Waals surface area (Å²) in [6.45, 7) is 7.31. The summed E-state index contributed by atoms with van der Waals surface area (Å²) in [6.07, 6.45) is 0.295.